The third-order valence-corrected chi connectivity index (χ3v) is 2.29. The van der Waals surface area contributed by atoms with Gasteiger partial charge in [-0.25, -0.2) is 0 Å². The predicted molar refractivity (Wildman–Crippen MR) is 58.7 cm³/mol. The Morgan fingerprint density at radius 1 is 1.23 bits per heavy atom. The first-order chi connectivity index (χ1) is 6.15. The fourth-order valence-electron chi connectivity index (χ4n) is 1.44. The third kappa shape index (κ3) is 2.43. The molecule has 0 aliphatic rings. The highest BCUT2D eigenvalue weighted by molar-refractivity contribution is 5.56. The van der Waals surface area contributed by atoms with Gasteiger partial charge < -0.3 is 5.73 Å². The first-order valence-electron chi connectivity index (χ1n) is 4.59. The Morgan fingerprint density at radius 3 is 2.54 bits per heavy atom. The van der Waals surface area contributed by atoms with E-state index in [1.807, 2.05) is 6.08 Å². The molecule has 0 radical (unpaired) electrons. The van der Waals surface area contributed by atoms with Gasteiger partial charge in [-0.1, -0.05) is 29.8 Å². The highest BCUT2D eigenvalue weighted by Gasteiger charge is 1.98. The van der Waals surface area contributed by atoms with E-state index in [0.29, 0.717) is 6.54 Å². The van der Waals surface area contributed by atoms with Crippen molar-refractivity contribution in [2.75, 3.05) is 6.54 Å². The zero-order chi connectivity index (χ0) is 9.84. The van der Waals surface area contributed by atoms with Crippen LogP contribution >= 0.6 is 0 Å². The van der Waals surface area contributed by atoms with E-state index in [1.165, 1.54) is 22.3 Å². The molecule has 0 heterocycles. The molecule has 1 nitrogen and oxygen atoms in total. The van der Waals surface area contributed by atoms with Crippen molar-refractivity contribution >= 4 is 6.08 Å². The van der Waals surface area contributed by atoms with Crippen LogP contribution in [0.4, 0.5) is 0 Å². The van der Waals surface area contributed by atoms with E-state index in [1.54, 1.807) is 0 Å². The number of hydrogen-bond acceptors (Lipinski definition) is 1. The van der Waals surface area contributed by atoms with Crippen LogP contribution in [-0.4, -0.2) is 6.54 Å². The van der Waals surface area contributed by atoms with Gasteiger partial charge in [-0.2, -0.15) is 0 Å². The molecule has 0 saturated heterocycles. The monoisotopic (exact) mass is 175 g/mol. The standard InChI is InChI=1S/C12H17N/c1-9-7-10(2)11(3)12(8-9)5-4-6-13/h4-5,7-8H,6,13H2,1-3H3/b5-4+. The van der Waals surface area contributed by atoms with Crippen molar-refractivity contribution < 1.29 is 0 Å². The zero-order valence-electron chi connectivity index (χ0n) is 8.59. The summed E-state index contributed by atoms with van der Waals surface area (Å²) in [5.74, 6) is 0. The van der Waals surface area contributed by atoms with Gasteiger partial charge in [0.15, 0.2) is 0 Å². The quantitative estimate of drug-likeness (QED) is 0.734. The first kappa shape index (κ1) is 10.0. The Morgan fingerprint density at radius 2 is 1.92 bits per heavy atom. The second-order valence-corrected chi connectivity index (χ2v) is 3.43. The van der Waals surface area contributed by atoms with Crippen LogP contribution in [0.25, 0.3) is 6.08 Å². The summed E-state index contributed by atoms with van der Waals surface area (Å²) < 4.78 is 0. The molecule has 2 N–H and O–H groups in total. The summed E-state index contributed by atoms with van der Waals surface area (Å²) in [6, 6.07) is 4.39. The molecule has 0 aromatic heterocycles. The van der Waals surface area contributed by atoms with E-state index < -0.39 is 0 Å². The molecule has 1 aromatic rings. The molecule has 70 valence electrons. The summed E-state index contributed by atoms with van der Waals surface area (Å²) in [5, 5.41) is 0. The number of nitrogens with two attached hydrogens (primary N) is 1. The predicted octanol–water partition coefficient (Wildman–Crippen LogP) is 2.58. The van der Waals surface area contributed by atoms with Gasteiger partial charge in [0.1, 0.15) is 0 Å². The van der Waals surface area contributed by atoms with Crippen molar-refractivity contribution in [3.8, 4) is 0 Å². The fourth-order valence-corrected chi connectivity index (χ4v) is 1.44. The van der Waals surface area contributed by atoms with Gasteiger partial charge in [0, 0.05) is 6.54 Å². The second kappa shape index (κ2) is 4.24. The van der Waals surface area contributed by atoms with Gasteiger partial charge in [-0.3, -0.25) is 0 Å². The van der Waals surface area contributed by atoms with Crippen LogP contribution in [-0.2, 0) is 0 Å². The number of rotatable bonds is 2. The second-order valence-electron chi connectivity index (χ2n) is 3.43. The van der Waals surface area contributed by atoms with Crippen LogP contribution in [0.15, 0.2) is 18.2 Å². The van der Waals surface area contributed by atoms with Gasteiger partial charge in [-0.15, -0.1) is 0 Å². The molecule has 0 amide bonds. The Hall–Kier alpha value is -1.08. The zero-order valence-corrected chi connectivity index (χ0v) is 8.59. The van der Waals surface area contributed by atoms with E-state index in [9.17, 15) is 0 Å². The Bertz CT molecular complexity index is 324. The molecule has 1 rings (SSSR count). The van der Waals surface area contributed by atoms with Gasteiger partial charge in [0.25, 0.3) is 0 Å². The minimum atomic E-state index is 0.604. The topological polar surface area (TPSA) is 26.0 Å². The van der Waals surface area contributed by atoms with Crippen LogP contribution < -0.4 is 5.73 Å². The molecule has 0 bridgehead atoms. The normalized spacial score (nSPS) is 11.1. The molecule has 13 heavy (non-hydrogen) atoms. The van der Waals surface area contributed by atoms with Crippen LogP contribution in [0.1, 0.15) is 22.3 Å². The van der Waals surface area contributed by atoms with Crippen molar-refractivity contribution in [3.05, 3.63) is 40.5 Å². The maximum atomic E-state index is 5.42. The van der Waals surface area contributed by atoms with Crippen LogP contribution in [0.3, 0.4) is 0 Å². The lowest BCUT2D eigenvalue weighted by molar-refractivity contribution is 1.25. The molecule has 0 fully saturated rings. The molecule has 1 aromatic carbocycles. The first-order valence-corrected chi connectivity index (χ1v) is 4.59. The van der Waals surface area contributed by atoms with Crippen LogP contribution in [0, 0.1) is 20.8 Å². The molecule has 0 aliphatic heterocycles. The van der Waals surface area contributed by atoms with Gasteiger partial charge >= 0.3 is 0 Å². The van der Waals surface area contributed by atoms with Crippen molar-refractivity contribution in [1.29, 1.82) is 0 Å². The van der Waals surface area contributed by atoms with Gasteiger partial charge in [0.05, 0.1) is 0 Å². The average molecular weight is 175 g/mol. The van der Waals surface area contributed by atoms with E-state index in [0.717, 1.165) is 0 Å². The molecule has 1 heteroatoms. The minimum absolute atomic E-state index is 0.604. The summed E-state index contributed by atoms with van der Waals surface area (Å²) in [5.41, 5.74) is 10.7. The molecular formula is C12H17N. The maximum Gasteiger partial charge on any atom is 0.0110 e. The Balaban J connectivity index is 3.12. The summed E-state index contributed by atoms with van der Waals surface area (Å²) in [4.78, 5) is 0. The number of aryl methyl sites for hydroxylation is 2. The smallest absolute Gasteiger partial charge is 0.0110 e. The molecule has 0 unspecified atom stereocenters. The van der Waals surface area contributed by atoms with E-state index in [4.69, 9.17) is 5.73 Å². The van der Waals surface area contributed by atoms with Crippen molar-refractivity contribution in [3.63, 3.8) is 0 Å². The number of benzene rings is 1. The lowest BCUT2D eigenvalue weighted by atomic mass is 10.00. The summed E-state index contributed by atoms with van der Waals surface area (Å²) >= 11 is 0. The third-order valence-electron chi connectivity index (χ3n) is 2.29. The lowest BCUT2D eigenvalue weighted by Crippen LogP contribution is -1.93. The molecular weight excluding hydrogens is 158 g/mol. The minimum Gasteiger partial charge on any atom is -0.327 e. The molecule has 0 atom stereocenters. The van der Waals surface area contributed by atoms with Crippen LogP contribution in [0.5, 0.6) is 0 Å². The van der Waals surface area contributed by atoms with Crippen molar-refractivity contribution in [2.24, 2.45) is 5.73 Å². The molecule has 0 aliphatic carbocycles. The molecule has 0 saturated carbocycles. The number of hydrogen-bond donors (Lipinski definition) is 1. The summed E-state index contributed by atoms with van der Waals surface area (Å²) in [6.45, 7) is 7.01. The largest absolute Gasteiger partial charge is 0.327 e. The van der Waals surface area contributed by atoms with Crippen LogP contribution in [0.2, 0.25) is 0 Å². The van der Waals surface area contributed by atoms with Crippen molar-refractivity contribution in [1.82, 2.24) is 0 Å². The maximum absolute atomic E-state index is 5.42. The highest BCUT2D eigenvalue weighted by Crippen LogP contribution is 2.16. The molecule has 0 spiro atoms. The average Bonchev–Trinajstić information content (AvgIpc) is 2.09. The summed E-state index contributed by atoms with van der Waals surface area (Å²) in [6.07, 6.45) is 4.08. The van der Waals surface area contributed by atoms with E-state index in [-0.39, 0.29) is 0 Å². The van der Waals surface area contributed by atoms with E-state index >= 15 is 0 Å². The Kier molecular flexibility index (Phi) is 3.26. The Labute approximate surface area is 80.3 Å². The van der Waals surface area contributed by atoms with Gasteiger partial charge in [0.2, 0.25) is 0 Å². The SMILES string of the molecule is Cc1cc(C)c(C)c(/C=C/CN)c1. The highest BCUT2D eigenvalue weighted by atomic mass is 14.5. The lowest BCUT2D eigenvalue weighted by Gasteiger charge is -2.06. The van der Waals surface area contributed by atoms with Crippen molar-refractivity contribution in [2.45, 2.75) is 20.8 Å². The van der Waals surface area contributed by atoms with E-state index in [2.05, 4.69) is 39.0 Å². The fraction of sp³-hybridized carbons (Fsp3) is 0.333. The summed E-state index contributed by atoms with van der Waals surface area (Å²) in [7, 11) is 0. The van der Waals surface area contributed by atoms with Gasteiger partial charge in [-0.05, 0) is 37.5 Å².